The average molecular weight is 427 g/mol. The molecule has 5 nitrogen and oxygen atoms in total. The molecule has 4 rings (SSSR count). The zero-order valence-electron chi connectivity index (χ0n) is 14.9. The molecule has 0 fully saturated rings. The third-order valence-corrected chi connectivity index (χ3v) is 4.54. The van der Waals surface area contributed by atoms with Gasteiger partial charge in [0.25, 0.3) is 5.91 Å². The normalized spacial score (nSPS) is 14.3. The molecule has 0 unspecified atom stereocenters. The number of amides is 1. The van der Waals surface area contributed by atoms with Crippen molar-refractivity contribution in [2.24, 2.45) is 0 Å². The Kier molecular flexibility index (Phi) is 4.55. The van der Waals surface area contributed by atoms with Gasteiger partial charge in [-0.05, 0) is 29.3 Å². The molecule has 0 radical (unpaired) electrons. The van der Waals surface area contributed by atoms with Gasteiger partial charge in [0.1, 0.15) is 0 Å². The number of rotatable bonds is 3. The number of halogens is 6. The zero-order valence-corrected chi connectivity index (χ0v) is 14.9. The molecular weight excluding hydrogens is 416 g/mol. The van der Waals surface area contributed by atoms with Gasteiger partial charge in [-0.25, -0.2) is 0 Å². The molecule has 0 spiro atoms. The number of alkyl halides is 6. The second-order valence-electron chi connectivity index (χ2n) is 6.65. The van der Waals surface area contributed by atoms with Gasteiger partial charge in [-0.1, -0.05) is 29.4 Å². The number of nitrogens with zero attached hydrogens (tertiary/aromatic N) is 3. The van der Waals surface area contributed by atoms with Crippen molar-refractivity contribution >= 4 is 5.91 Å². The molecule has 2 aromatic carbocycles. The summed E-state index contributed by atoms with van der Waals surface area (Å²) < 4.78 is 80.7. The number of carbonyl (C=O) groups excluding carboxylic acids is 1. The minimum atomic E-state index is -4.79. The van der Waals surface area contributed by atoms with E-state index in [4.69, 9.17) is 0 Å². The lowest BCUT2D eigenvalue weighted by molar-refractivity contribution is -0.159. The van der Waals surface area contributed by atoms with E-state index in [1.807, 2.05) is 0 Å². The molecule has 0 aliphatic carbocycles. The van der Waals surface area contributed by atoms with Crippen LogP contribution in [0.3, 0.4) is 0 Å². The van der Waals surface area contributed by atoms with Crippen molar-refractivity contribution < 1.29 is 35.7 Å². The van der Waals surface area contributed by atoms with Crippen LogP contribution in [0.2, 0.25) is 0 Å². The van der Waals surface area contributed by atoms with E-state index >= 15 is 0 Å². The molecule has 1 aromatic heterocycles. The summed E-state index contributed by atoms with van der Waals surface area (Å²) in [5, 5.41) is 3.29. The van der Waals surface area contributed by atoms with E-state index in [0.717, 1.165) is 12.1 Å². The van der Waals surface area contributed by atoms with Crippen molar-refractivity contribution in [3.8, 4) is 11.4 Å². The maximum Gasteiger partial charge on any atom is 0.471 e. The highest BCUT2D eigenvalue weighted by atomic mass is 19.4. The molecule has 1 aliphatic heterocycles. The molecule has 3 aromatic rings. The first-order valence-electron chi connectivity index (χ1n) is 8.52. The predicted octanol–water partition coefficient (Wildman–Crippen LogP) is 4.93. The minimum absolute atomic E-state index is 0.0484. The Balaban J connectivity index is 1.56. The summed E-state index contributed by atoms with van der Waals surface area (Å²) in [7, 11) is 0. The molecule has 0 bridgehead atoms. The molecule has 0 saturated heterocycles. The van der Waals surface area contributed by atoms with E-state index in [-0.39, 0.29) is 30.0 Å². The lowest BCUT2D eigenvalue weighted by Gasteiger charge is -2.16. The summed E-state index contributed by atoms with van der Waals surface area (Å²) in [6.07, 6.45) is -9.29. The van der Waals surface area contributed by atoms with Crippen LogP contribution in [0.5, 0.6) is 0 Å². The summed E-state index contributed by atoms with van der Waals surface area (Å²) in [4.78, 5) is 17.3. The maximum absolute atomic E-state index is 12.9. The van der Waals surface area contributed by atoms with Crippen molar-refractivity contribution in [3.05, 3.63) is 70.6 Å². The molecule has 156 valence electrons. The van der Waals surface area contributed by atoms with E-state index in [1.165, 1.54) is 29.2 Å². The van der Waals surface area contributed by atoms with Crippen molar-refractivity contribution in [2.45, 2.75) is 25.4 Å². The Hall–Kier alpha value is -3.37. The number of hydrogen-bond acceptors (Lipinski definition) is 4. The second-order valence-corrected chi connectivity index (χ2v) is 6.65. The number of benzene rings is 2. The van der Waals surface area contributed by atoms with Crippen molar-refractivity contribution in [3.63, 3.8) is 0 Å². The average Bonchev–Trinajstić information content (AvgIpc) is 3.27. The highest BCUT2D eigenvalue weighted by molar-refractivity contribution is 5.99. The van der Waals surface area contributed by atoms with Crippen LogP contribution in [0.1, 0.15) is 32.9 Å². The molecule has 1 amide bonds. The zero-order chi connectivity index (χ0) is 21.7. The largest absolute Gasteiger partial charge is 0.471 e. The number of hydrogen-bond donors (Lipinski definition) is 0. The van der Waals surface area contributed by atoms with Crippen LogP contribution < -0.4 is 0 Å². The van der Waals surface area contributed by atoms with Crippen LogP contribution in [-0.4, -0.2) is 20.9 Å². The summed E-state index contributed by atoms with van der Waals surface area (Å²) in [6, 6.07) is 8.99. The highest BCUT2D eigenvalue weighted by Gasteiger charge is 2.39. The van der Waals surface area contributed by atoms with Gasteiger partial charge in [-0.3, -0.25) is 4.79 Å². The molecule has 1 aliphatic rings. The first-order valence-corrected chi connectivity index (χ1v) is 8.52. The van der Waals surface area contributed by atoms with Crippen LogP contribution in [0.4, 0.5) is 26.3 Å². The fourth-order valence-electron chi connectivity index (χ4n) is 3.15. The molecule has 0 atom stereocenters. The van der Waals surface area contributed by atoms with Gasteiger partial charge >= 0.3 is 18.2 Å². The van der Waals surface area contributed by atoms with E-state index in [0.29, 0.717) is 11.1 Å². The summed E-state index contributed by atoms with van der Waals surface area (Å²) in [5.41, 5.74) is 0.457. The van der Waals surface area contributed by atoms with E-state index in [9.17, 15) is 31.1 Å². The van der Waals surface area contributed by atoms with E-state index < -0.39 is 29.7 Å². The van der Waals surface area contributed by atoms with Crippen molar-refractivity contribution in [1.82, 2.24) is 15.0 Å². The number of fused-ring (bicyclic) bond motifs is 1. The SMILES string of the molecule is O=C1c2cc(-c3noc(C(F)(F)F)n3)ccc2CN1Cc1cccc(C(F)(F)F)c1. The first-order chi connectivity index (χ1) is 14.0. The predicted molar refractivity (Wildman–Crippen MR) is 89.8 cm³/mol. The maximum atomic E-state index is 12.9. The first kappa shape index (κ1) is 19.9. The lowest BCUT2D eigenvalue weighted by atomic mass is 10.1. The highest BCUT2D eigenvalue weighted by Crippen LogP contribution is 2.33. The van der Waals surface area contributed by atoms with Gasteiger partial charge in [0.2, 0.25) is 5.82 Å². The van der Waals surface area contributed by atoms with Crippen molar-refractivity contribution in [2.75, 3.05) is 0 Å². The summed E-state index contributed by atoms with van der Waals surface area (Å²) >= 11 is 0. The minimum Gasteiger partial charge on any atom is -0.330 e. The summed E-state index contributed by atoms with van der Waals surface area (Å²) in [6.45, 7) is 0.109. The number of carbonyl (C=O) groups is 1. The Labute approximate surface area is 164 Å². The van der Waals surface area contributed by atoms with Crippen LogP contribution in [-0.2, 0) is 25.4 Å². The quantitative estimate of drug-likeness (QED) is 0.557. The van der Waals surface area contributed by atoms with Crippen LogP contribution >= 0.6 is 0 Å². The second kappa shape index (κ2) is 6.85. The van der Waals surface area contributed by atoms with Gasteiger partial charge in [0.05, 0.1) is 5.56 Å². The molecule has 0 N–H and O–H groups in total. The standard InChI is InChI=1S/C19H11F6N3O2/c20-18(21,22)13-3-1-2-10(6-13)8-28-9-12-5-4-11(7-14(12)16(28)29)15-26-17(30-27-15)19(23,24)25/h1-7H,8-9H2. The Morgan fingerprint density at radius 3 is 2.43 bits per heavy atom. The van der Waals surface area contributed by atoms with Gasteiger partial charge in [0, 0.05) is 24.2 Å². The third-order valence-electron chi connectivity index (χ3n) is 4.54. The molecular formula is C19H11F6N3O2. The third kappa shape index (κ3) is 3.74. The fourth-order valence-corrected chi connectivity index (χ4v) is 3.15. The van der Waals surface area contributed by atoms with Gasteiger partial charge in [0.15, 0.2) is 0 Å². The van der Waals surface area contributed by atoms with Gasteiger partial charge < -0.3 is 9.42 Å². The monoisotopic (exact) mass is 427 g/mol. The molecule has 11 heteroatoms. The van der Waals surface area contributed by atoms with E-state index in [1.54, 1.807) is 6.07 Å². The van der Waals surface area contributed by atoms with Gasteiger partial charge in [-0.2, -0.15) is 31.3 Å². The Bertz CT molecular complexity index is 1120. The number of aromatic nitrogens is 2. The molecule has 30 heavy (non-hydrogen) atoms. The van der Waals surface area contributed by atoms with Crippen LogP contribution in [0, 0.1) is 0 Å². The lowest BCUT2D eigenvalue weighted by Crippen LogP contribution is -2.23. The molecule has 2 heterocycles. The topological polar surface area (TPSA) is 59.2 Å². The Morgan fingerprint density at radius 1 is 1.00 bits per heavy atom. The van der Waals surface area contributed by atoms with E-state index in [2.05, 4.69) is 14.7 Å². The van der Waals surface area contributed by atoms with Crippen LogP contribution in [0.15, 0.2) is 47.0 Å². The van der Waals surface area contributed by atoms with Gasteiger partial charge in [-0.15, -0.1) is 0 Å². The molecule has 0 saturated carbocycles. The summed E-state index contributed by atoms with van der Waals surface area (Å²) in [5.74, 6) is -2.28. The van der Waals surface area contributed by atoms with Crippen molar-refractivity contribution in [1.29, 1.82) is 0 Å². The Morgan fingerprint density at radius 2 is 1.77 bits per heavy atom. The van der Waals surface area contributed by atoms with Crippen LogP contribution in [0.25, 0.3) is 11.4 Å². The smallest absolute Gasteiger partial charge is 0.330 e. The fraction of sp³-hybridized carbons (Fsp3) is 0.211.